The topological polar surface area (TPSA) is 42.7 Å². The second kappa shape index (κ2) is 5.66. The van der Waals surface area contributed by atoms with E-state index in [1.54, 1.807) is 0 Å². The van der Waals surface area contributed by atoms with E-state index in [9.17, 15) is 0 Å². The molecule has 4 nitrogen and oxygen atoms in total. The lowest BCUT2D eigenvalue weighted by atomic mass is 10.2. The fourth-order valence-electron chi connectivity index (χ4n) is 2.42. The first-order chi connectivity index (χ1) is 10.2. The van der Waals surface area contributed by atoms with Crippen LogP contribution in [0.15, 0.2) is 36.5 Å². The summed E-state index contributed by atoms with van der Waals surface area (Å²) in [5.41, 5.74) is 5.40. The molecule has 0 aliphatic heterocycles. The number of rotatable bonds is 4. The Kier molecular flexibility index (Phi) is 3.71. The molecule has 2 aromatic heterocycles. The first-order valence-electron chi connectivity index (χ1n) is 7.31. The van der Waals surface area contributed by atoms with Crippen molar-refractivity contribution in [2.24, 2.45) is 0 Å². The lowest BCUT2D eigenvalue weighted by molar-refractivity contribution is 0.725. The maximum atomic E-state index is 4.64. The molecule has 0 saturated carbocycles. The molecule has 0 fully saturated rings. The van der Waals surface area contributed by atoms with Crippen LogP contribution in [0.3, 0.4) is 0 Å². The van der Waals surface area contributed by atoms with Crippen LogP contribution in [0, 0.1) is 13.8 Å². The van der Waals surface area contributed by atoms with Crippen molar-refractivity contribution in [1.82, 2.24) is 20.1 Å². The number of hydrogen-bond acceptors (Lipinski definition) is 3. The second-order valence-electron chi connectivity index (χ2n) is 5.33. The van der Waals surface area contributed by atoms with Crippen molar-refractivity contribution in [2.45, 2.75) is 27.3 Å². The van der Waals surface area contributed by atoms with Gasteiger partial charge in [-0.05, 0) is 44.2 Å². The summed E-state index contributed by atoms with van der Waals surface area (Å²) in [6.07, 6.45) is 1.93. The first kappa shape index (κ1) is 13.8. The fraction of sp³-hybridized carbons (Fsp3) is 0.294. The number of aromatic nitrogens is 3. The van der Waals surface area contributed by atoms with Gasteiger partial charge in [-0.1, -0.05) is 24.6 Å². The van der Waals surface area contributed by atoms with Crippen LogP contribution >= 0.6 is 0 Å². The highest BCUT2D eigenvalue weighted by Crippen LogP contribution is 2.21. The first-order valence-corrected chi connectivity index (χ1v) is 7.31. The molecule has 0 amide bonds. The van der Waals surface area contributed by atoms with Crippen LogP contribution in [0.5, 0.6) is 0 Å². The zero-order valence-electron chi connectivity index (χ0n) is 12.7. The molecule has 2 heterocycles. The van der Waals surface area contributed by atoms with Gasteiger partial charge in [-0.25, -0.2) is 9.67 Å². The van der Waals surface area contributed by atoms with Crippen LogP contribution in [0.25, 0.3) is 16.7 Å². The van der Waals surface area contributed by atoms with E-state index in [0.717, 1.165) is 35.5 Å². The summed E-state index contributed by atoms with van der Waals surface area (Å²) >= 11 is 0. The molecule has 21 heavy (non-hydrogen) atoms. The predicted octanol–water partition coefficient (Wildman–Crippen LogP) is 3.15. The van der Waals surface area contributed by atoms with Crippen LogP contribution in [0.4, 0.5) is 0 Å². The lowest BCUT2D eigenvalue weighted by Crippen LogP contribution is -2.11. The highest BCUT2D eigenvalue weighted by Gasteiger charge is 2.10. The molecule has 0 spiro atoms. The zero-order valence-corrected chi connectivity index (χ0v) is 12.7. The number of hydrogen-bond donors (Lipinski definition) is 1. The number of fused-ring (bicyclic) bond motifs is 1. The summed E-state index contributed by atoms with van der Waals surface area (Å²) in [6, 6.07) is 10.5. The van der Waals surface area contributed by atoms with Gasteiger partial charge in [-0.15, -0.1) is 0 Å². The van der Waals surface area contributed by atoms with E-state index in [1.165, 1.54) is 11.1 Å². The van der Waals surface area contributed by atoms with E-state index in [0.29, 0.717) is 0 Å². The van der Waals surface area contributed by atoms with Crippen molar-refractivity contribution < 1.29 is 0 Å². The molecule has 0 saturated heterocycles. The number of aryl methyl sites for hydroxylation is 2. The van der Waals surface area contributed by atoms with Gasteiger partial charge >= 0.3 is 0 Å². The Morgan fingerprint density at radius 2 is 1.90 bits per heavy atom. The number of nitrogens with one attached hydrogen (secondary N) is 1. The van der Waals surface area contributed by atoms with Crippen molar-refractivity contribution in [3.63, 3.8) is 0 Å². The Balaban J connectivity index is 2.06. The van der Waals surface area contributed by atoms with Gasteiger partial charge in [-0.2, -0.15) is 5.10 Å². The minimum absolute atomic E-state index is 0.842. The Morgan fingerprint density at radius 1 is 1.14 bits per heavy atom. The van der Waals surface area contributed by atoms with Gasteiger partial charge in [-0.3, -0.25) is 0 Å². The van der Waals surface area contributed by atoms with E-state index < -0.39 is 0 Å². The second-order valence-corrected chi connectivity index (χ2v) is 5.33. The summed E-state index contributed by atoms with van der Waals surface area (Å²) in [5, 5.41) is 9.09. The van der Waals surface area contributed by atoms with Gasteiger partial charge in [0, 0.05) is 18.1 Å². The molecule has 0 radical (unpaired) electrons. The number of benzene rings is 1. The fourth-order valence-corrected chi connectivity index (χ4v) is 2.42. The third kappa shape index (κ3) is 2.67. The van der Waals surface area contributed by atoms with Gasteiger partial charge in [0.25, 0.3) is 0 Å². The quantitative estimate of drug-likeness (QED) is 0.798. The standard InChI is InChI=1S/C17H20N4/c1-4-18-10-14-9-16-13(3)20-21(17(16)19-11-14)15-7-5-12(2)6-8-15/h5-9,11,18H,4,10H2,1-3H3. The smallest absolute Gasteiger partial charge is 0.163 e. The van der Waals surface area contributed by atoms with Gasteiger partial charge in [0.15, 0.2) is 5.65 Å². The van der Waals surface area contributed by atoms with E-state index in [1.807, 2.05) is 17.8 Å². The molecule has 0 atom stereocenters. The maximum absolute atomic E-state index is 4.64. The van der Waals surface area contributed by atoms with Gasteiger partial charge in [0.2, 0.25) is 0 Å². The van der Waals surface area contributed by atoms with Gasteiger partial charge < -0.3 is 5.32 Å². The minimum Gasteiger partial charge on any atom is -0.313 e. The van der Waals surface area contributed by atoms with Crippen molar-refractivity contribution in [1.29, 1.82) is 0 Å². The molecule has 108 valence electrons. The Labute approximate surface area is 124 Å². The molecule has 0 aliphatic carbocycles. The van der Waals surface area contributed by atoms with Crippen molar-refractivity contribution in [3.05, 3.63) is 53.3 Å². The third-order valence-electron chi connectivity index (χ3n) is 3.62. The van der Waals surface area contributed by atoms with Gasteiger partial charge in [0.1, 0.15) is 0 Å². The van der Waals surface area contributed by atoms with Crippen LogP contribution in [0.1, 0.15) is 23.7 Å². The molecule has 3 aromatic rings. The average Bonchev–Trinajstić information content (AvgIpc) is 2.83. The Bertz CT molecular complexity index is 756. The largest absolute Gasteiger partial charge is 0.313 e. The Morgan fingerprint density at radius 3 is 2.62 bits per heavy atom. The van der Waals surface area contributed by atoms with E-state index in [2.05, 4.69) is 59.6 Å². The predicted molar refractivity (Wildman–Crippen MR) is 85.7 cm³/mol. The molecule has 3 rings (SSSR count). The van der Waals surface area contributed by atoms with Crippen LogP contribution in [-0.4, -0.2) is 21.3 Å². The Hall–Kier alpha value is -2.20. The SMILES string of the molecule is CCNCc1cnc2c(c1)c(C)nn2-c1ccc(C)cc1. The molecule has 4 heteroatoms. The summed E-state index contributed by atoms with van der Waals surface area (Å²) in [7, 11) is 0. The average molecular weight is 280 g/mol. The van der Waals surface area contributed by atoms with Crippen LogP contribution in [-0.2, 0) is 6.54 Å². The van der Waals surface area contributed by atoms with Crippen molar-refractivity contribution in [3.8, 4) is 5.69 Å². The molecule has 1 N–H and O–H groups in total. The molecular formula is C17H20N4. The summed E-state index contributed by atoms with van der Waals surface area (Å²) < 4.78 is 1.92. The minimum atomic E-state index is 0.842. The molecule has 0 aliphatic rings. The molecule has 0 bridgehead atoms. The van der Waals surface area contributed by atoms with E-state index in [4.69, 9.17) is 0 Å². The zero-order chi connectivity index (χ0) is 14.8. The van der Waals surface area contributed by atoms with E-state index in [-0.39, 0.29) is 0 Å². The van der Waals surface area contributed by atoms with E-state index >= 15 is 0 Å². The monoisotopic (exact) mass is 280 g/mol. The lowest BCUT2D eigenvalue weighted by Gasteiger charge is -2.04. The van der Waals surface area contributed by atoms with Gasteiger partial charge in [0.05, 0.1) is 11.4 Å². The molecule has 0 unspecified atom stereocenters. The molecular weight excluding hydrogens is 260 g/mol. The normalized spacial score (nSPS) is 11.2. The third-order valence-corrected chi connectivity index (χ3v) is 3.62. The summed E-state index contributed by atoms with van der Waals surface area (Å²) in [6.45, 7) is 8.02. The maximum Gasteiger partial charge on any atom is 0.163 e. The molecule has 1 aromatic carbocycles. The summed E-state index contributed by atoms with van der Waals surface area (Å²) in [5.74, 6) is 0. The number of nitrogens with zero attached hydrogens (tertiary/aromatic N) is 3. The van der Waals surface area contributed by atoms with Crippen molar-refractivity contribution in [2.75, 3.05) is 6.54 Å². The van der Waals surface area contributed by atoms with Crippen molar-refractivity contribution >= 4 is 11.0 Å². The highest BCUT2D eigenvalue weighted by atomic mass is 15.3. The highest BCUT2D eigenvalue weighted by molar-refractivity contribution is 5.80. The number of pyridine rings is 1. The summed E-state index contributed by atoms with van der Waals surface area (Å²) in [4.78, 5) is 4.61. The van der Waals surface area contributed by atoms with Crippen LogP contribution < -0.4 is 5.32 Å². The van der Waals surface area contributed by atoms with Crippen LogP contribution in [0.2, 0.25) is 0 Å².